The molecule has 1 saturated carbocycles. The fourth-order valence-electron chi connectivity index (χ4n) is 1.72. The minimum Gasteiger partial charge on any atom is -0.247 e. The number of halogens is 2. The quantitative estimate of drug-likeness (QED) is 0.627. The van der Waals surface area contributed by atoms with Crippen LogP contribution >= 0.6 is 10.7 Å². The van der Waals surface area contributed by atoms with Gasteiger partial charge in [0.1, 0.15) is 6.17 Å². The van der Waals surface area contributed by atoms with Crippen LogP contribution in [0.25, 0.3) is 0 Å². The molecule has 0 aromatic rings. The van der Waals surface area contributed by atoms with E-state index in [1.54, 1.807) is 6.92 Å². The Labute approximate surface area is 76.5 Å². The average molecular weight is 215 g/mol. The summed E-state index contributed by atoms with van der Waals surface area (Å²) in [6, 6.07) is 0. The molecule has 12 heavy (non-hydrogen) atoms. The summed E-state index contributed by atoms with van der Waals surface area (Å²) in [5, 5.41) is -0.550. The highest BCUT2D eigenvalue weighted by Crippen LogP contribution is 2.32. The van der Waals surface area contributed by atoms with Crippen LogP contribution in [-0.4, -0.2) is 19.8 Å². The van der Waals surface area contributed by atoms with Gasteiger partial charge in [0, 0.05) is 10.7 Å². The van der Waals surface area contributed by atoms with Gasteiger partial charge in [-0.2, -0.15) is 0 Å². The fraction of sp³-hybridized carbons (Fsp3) is 1.00. The van der Waals surface area contributed by atoms with Gasteiger partial charge in [0.25, 0.3) is 0 Å². The molecular formula is C7H12ClFO2S. The minimum absolute atomic E-state index is 0.156. The molecule has 0 aliphatic heterocycles. The second-order valence-electron chi connectivity index (χ2n) is 3.40. The Kier molecular flexibility index (Phi) is 2.99. The van der Waals surface area contributed by atoms with Crippen LogP contribution in [-0.2, 0) is 9.05 Å². The Bertz CT molecular complexity index is 252. The molecule has 0 aromatic carbocycles. The van der Waals surface area contributed by atoms with Crippen LogP contribution in [0.4, 0.5) is 4.39 Å². The second-order valence-corrected chi connectivity index (χ2v) is 6.25. The lowest BCUT2D eigenvalue weighted by Crippen LogP contribution is -2.32. The zero-order valence-corrected chi connectivity index (χ0v) is 8.41. The topological polar surface area (TPSA) is 34.1 Å². The lowest BCUT2D eigenvalue weighted by Gasteiger charge is -2.28. The predicted octanol–water partition coefficient (Wildman–Crippen LogP) is 2.08. The van der Waals surface area contributed by atoms with Crippen molar-refractivity contribution in [1.29, 1.82) is 0 Å². The maximum Gasteiger partial charge on any atom is 0.235 e. The molecule has 0 saturated heterocycles. The first-order chi connectivity index (χ1) is 5.41. The molecule has 1 fully saturated rings. The summed E-state index contributed by atoms with van der Waals surface area (Å²) < 4.78 is 34.7. The minimum atomic E-state index is -3.49. The molecule has 0 aromatic heterocycles. The van der Waals surface area contributed by atoms with Gasteiger partial charge in [0.15, 0.2) is 0 Å². The van der Waals surface area contributed by atoms with Crippen LogP contribution in [0.5, 0.6) is 0 Å². The maximum atomic E-state index is 12.8. The summed E-state index contributed by atoms with van der Waals surface area (Å²) in [4.78, 5) is 0. The predicted molar refractivity (Wildman–Crippen MR) is 46.5 cm³/mol. The monoisotopic (exact) mass is 214 g/mol. The molecule has 72 valence electrons. The van der Waals surface area contributed by atoms with E-state index in [-0.39, 0.29) is 5.92 Å². The highest BCUT2D eigenvalue weighted by atomic mass is 35.7. The van der Waals surface area contributed by atoms with E-state index in [1.807, 2.05) is 0 Å². The summed E-state index contributed by atoms with van der Waals surface area (Å²) in [6.07, 6.45) is 0.140. The van der Waals surface area contributed by atoms with Crippen molar-refractivity contribution in [2.45, 2.75) is 37.6 Å². The van der Waals surface area contributed by atoms with E-state index in [0.717, 1.165) is 0 Å². The number of alkyl halides is 1. The van der Waals surface area contributed by atoms with Gasteiger partial charge in [0.05, 0.1) is 5.25 Å². The van der Waals surface area contributed by atoms with Crippen molar-refractivity contribution in [3.8, 4) is 0 Å². The van der Waals surface area contributed by atoms with Crippen LogP contribution in [0.2, 0.25) is 0 Å². The fourth-order valence-corrected chi connectivity index (χ4v) is 3.60. The SMILES string of the molecule is CC1CC(F)CCC1S(=O)(=O)Cl. The third-order valence-corrected chi connectivity index (χ3v) is 4.50. The summed E-state index contributed by atoms with van der Waals surface area (Å²) in [5.41, 5.74) is 0. The Morgan fingerprint density at radius 1 is 1.42 bits per heavy atom. The number of rotatable bonds is 1. The average Bonchev–Trinajstić information content (AvgIpc) is 1.83. The van der Waals surface area contributed by atoms with Crippen molar-refractivity contribution in [2.75, 3.05) is 0 Å². The lowest BCUT2D eigenvalue weighted by molar-refractivity contribution is 0.210. The first-order valence-corrected chi connectivity index (χ1v) is 6.36. The van der Waals surface area contributed by atoms with Gasteiger partial charge < -0.3 is 0 Å². The Hall–Kier alpha value is 0.170. The number of hydrogen-bond acceptors (Lipinski definition) is 2. The van der Waals surface area contributed by atoms with E-state index in [2.05, 4.69) is 0 Å². The molecule has 1 aliphatic carbocycles. The molecule has 1 aliphatic rings. The van der Waals surface area contributed by atoms with Crippen molar-refractivity contribution in [3.63, 3.8) is 0 Å². The van der Waals surface area contributed by atoms with Gasteiger partial charge >= 0.3 is 0 Å². The van der Waals surface area contributed by atoms with Crippen LogP contribution in [0.3, 0.4) is 0 Å². The summed E-state index contributed by atoms with van der Waals surface area (Å²) in [7, 11) is 1.71. The zero-order valence-electron chi connectivity index (χ0n) is 6.83. The van der Waals surface area contributed by atoms with E-state index in [1.165, 1.54) is 0 Å². The standard InChI is InChI=1S/C7H12ClFO2S/c1-5-4-6(9)2-3-7(5)12(8,10)11/h5-7H,2-4H2,1H3. The van der Waals surface area contributed by atoms with Crippen LogP contribution in [0.15, 0.2) is 0 Å². The van der Waals surface area contributed by atoms with Crippen molar-refractivity contribution in [2.24, 2.45) is 5.92 Å². The van der Waals surface area contributed by atoms with E-state index >= 15 is 0 Å². The van der Waals surface area contributed by atoms with Gasteiger partial charge in [-0.25, -0.2) is 12.8 Å². The van der Waals surface area contributed by atoms with Gasteiger partial charge in [-0.3, -0.25) is 0 Å². The molecule has 0 amide bonds. The van der Waals surface area contributed by atoms with Crippen molar-refractivity contribution < 1.29 is 12.8 Å². The zero-order chi connectivity index (χ0) is 9.35. The molecule has 0 radical (unpaired) electrons. The third kappa shape index (κ3) is 2.33. The normalized spacial score (nSPS) is 38.1. The lowest BCUT2D eigenvalue weighted by atomic mass is 9.89. The molecule has 0 N–H and O–H groups in total. The summed E-state index contributed by atoms with van der Waals surface area (Å²) >= 11 is 0. The Morgan fingerprint density at radius 3 is 2.42 bits per heavy atom. The summed E-state index contributed by atoms with van der Waals surface area (Å²) in [6.45, 7) is 1.73. The summed E-state index contributed by atoms with van der Waals surface area (Å²) in [5.74, 6) is -0.156. The van der Waals surface area contributed by atoms with E-state index in [9.17, 15) is 12.8 Å². The molecule has 0 spiro atoms. The number of hydrogen-bond donors (Lipinski definition) is 0. The smallest absolute Gasteiger partial charge is 0.235 e. The highest BCUT2D eigenvalue weighted by molar-refractivity contribution is 8.14. The molecule has 0 heterocycles. The van der Waals surface area contributed by atoms with Gasteiger partial charge in [0.2, 0.25) is 9.05 Å². The first kappa shape index (κ1) is 10.3. The Balaban J connectivity index is 2.69. The third-order valence-electron chi connectivity index (χ3n) is 2.39. The maximum absolute atomic E-state index is 12.8. The molecule has 2 nitrogen and oxygen atoms in total. The highest BCUT2D eigenvalue weighted by Gasteiger charge is 2.35. The Morgan fingerprint density at radius 2 is 2.00 bits per heavy atom. The van der Waals surface area contributed by atoms with Crippen molar-refractivity contribution in [1.82, 2.24) is 0 Å². The van der Waals surface area contributed by atoms with Crippen LogP contribution in [0.1, 0.15) is 26.2 Å². The van der Waals surface area contributed by atoms with E-state index in [4.69, 9.17) is 10.7 Å². The molecule has 5 heteroatoms. The second kappa shape index (κ2) is 3.50. The van der Waals surface area contributed by atoms with Crippen molar-refractivity contribution >= 4 is 19.7 Å². The largest absolute Gasteiger partial charge is 0.247 e. The molecule has 3 atom stereocenters. The van der Waals surface area contributed by atoms with Gasteiger partial charge in [-0.05, 0) is 25.2 Å². The molecule has 0 bridgehead atoms. The van der Waals surface area contributed by atoms with Crippen molar-refractivity contribution in [3.05, 3.63) is 0 Å². The molecule has 1 rings (SSSR count). The van der Waals surface area contributed by atoms with Gasteiger partial charge in [-0.1, -0.05) is 6.92 Å². The molecule has 3 unspecified atom stereocenters. The van der Waals surface area contributed by atoms with Crippen LogP contribution in [0, 0.1) is 5.92 Å². The van der Waals surface area contributed by atoms with Gasteiger partial charge in [-0.15, -0.1) is 0 Å². The molecular weight excluding hydrogens is 203 g/mol. The van der Waals surface area contributed by atoms with E-state index < -0.39 is 20.5 Å². The first-order valence-electron chi connectivity index (χ1n) is 3.99. The van der Waals surface area contributed by atoms with Crippen LogP contribution < -0.4 is 0 Å². The van der Waals surface area contributed by atoms with E-state index in [0.29, 0.717) is 19.3 Å².